The van der Waals surface area contributed by atoms with Gasteiger partial charge in [0.15, 0.2) is 0 Å². The molecule has 0 aliphatic rings. The summed E-state index contributed by atoms with van der Waals surface area (Å²) in [4.78, 5) is 3.60. The van der Waals surface area contributed by atoms with E-state index in [-0.39, 0.29) is 12.2 Å². The van der Waals surface area contributed by atoms with Crippen LogP contribution < -0.4 is 0 Å². The van der Waals surface area contributed by atoms with Crippen LogP contribution >= 0.6 is 0 Å². The molecule has 0 saturated carbocycles. The fourth-order valence-corrected chi connectivity index (χ4v) is 1.39. The van der Waals surface area contributed by atoms with Crippen LogP contribution in [0.2, 0.25) is 0 Å². The van der Waals surface area contributed by atoms with Gasteiger partial charge in [-0.05, 0) is 11.6 Å². The maximum atomic E-state index is 13.0. The van der Waals surface area contributed by atoms with E-state index in [9.17, 15) is 4.39 Å². The molecule has 1 heterocycles. The number of aromatic nitrogens is 1. The Morgan fingerprint density at radius 2 is 1.87 bits per heavy atom. The van der Waals surface area contributed by atoms with Crippen LogP contribution in [0.5, 0.6) is 0 Å². The van der Waals surface area contributed by atoms with Gasteiger partial charge in [0, 0.05) is 17.3 Å². The topological polar surface area (TPSA) is 33.1 Å². The highest BCUT2D eigenvalue weighted by molar-refractivity contribution is 5.62. The van der Waals surface area contributed by atoms with Crippen LogP contribution in [0.25, 0.3) is 11.1 Å². The molecule has 0 aliphatic carbocycles. The minimum atomic E-state index is -0.614. The molecule has 15 heavy (non-hydrogen) atoms. The van der Waals surface area contributed by atoms with Gasteiger partial charge in [0.1, 0.15) is 0 Å². The average Bonchev–Trinajstić information content (AvgIpc) is 2.31. The Labute approximate surface area is 87.0 Å². The lowest BCUT2D eigenvalue weighted by Crippen LogP contribution is -1.94. The van der Waals surface area contributed by atoms with Crippen LogP contribution in [0.3, 0.4) is 0 Å². The number of aliphatic hydroxyl groups excluding tert-OH is 1. The first-order valence-corrected chi connectivity index (χ1v) is 4.62. The van der Waals surface area contributed by atoms with Gasteiger partial charge < -0.3 is 5.11 Å². The van der Waals surface area contributed by atoms with Crippen molar-refractivity contribution >= 4 is 0 Å². The summed E-state index contributed by atoms with van der Waals surface area (Å²) in [7, 11) is 0. The largest absolute Gasteiger partial charge is 0.392 e. The van der Waals surface area contributed by atoms with E-state index in [1.54, 1.807) is 6.07 Å². The van der Waals surface area contributed by atoms with E-state index in [1.165, 1.54) is 6.20 Å². The van der Waals surface area contributed by atoms with Gasteiger partial charge in [-0.1, -0.05) is 30.3 Å². The molecule has 1 aromatic heterocycles. The first-order chi connectivity index (χ1) is 7.31. The number of pyridine rings is 1. The van der Waals surface area contributed by atoms with Crippen molar-refractivity contribution in [3.05, 3.63) is 54.1 Å². The molecule has 3 heteroatoms. The molecule has 0 amide bonds. The highest BCUT2D eigenvalue weighted by Gasteiger charge is 2.04. The lowest BCUT2D eigenvalue weighted by molar-refractivity contribution is 0.274. The lowest BCUT2D eigenvalue weighted by atomic mass is 10.1. The van der Waals surface area contributed by atoms with Crippen molar-refractivity contribution in [2.24, 2.45) is 0 Å². The molecule has 0 unspecified atom stereocenters. The van der Waals surface area contributed by atoms with Crippen molar-refractivity contribution in [3.63, 3.8) is 0 Å². The third kappa shape index (κ3) is 2.02. The van der Waals surface area contributed by atoms with Crippen molar-refractivity contribution < 1.29 is 9.50 Å². The van der Waals surface area contributed by atoms with Crippen LogP contribution in [0.4, 0.5) is 4.39 Å². The first kappa shape index (κ1) is 9.80. The molecule has 0 spiro atoms. The zero-order chi connectivity index (χ0) is 10.7. The molecule has 0 saturated heterocycles. The molecular weight excluding hydrogens is 193 g/mol. The molecule has 0 fully saturated rings. The standard InChI is InChI=1S/C12H10FNO/c13-12-11(8-15)6-10(7-14-12)9-4-2-1-3-5-9/h1-7,15H,8H2. The van der Waals surface area contributed by atoms with Crippen LogP contribution in [0.1, 0.15) is 5.56 Å². The smallest absolute Gasteiger partial charge is 0.218 e. The molecular formula is C12H10FNO. The van der Waals surface area contributed by atoms with E-state index in [2.05, 4.69) is 4.98 Å². The predicted molar refractivity (Wildman–Crippen MR) is 55.6 cm³/mol. The molecule has 2 aromatic rings. The second-order valence-corrected chi connectivity index (χ2v) is 3.20. The molecule has 0 radical (unpaired) electrons. The van der Waals surface area contributed by atoms with Crippen LogP contribution in [-0.4, -0.2) is 10.1 Å². The summed E-state index contributed by atoms with van der Waals surface area (Å²) in [5.41, 5.74) is 1.98. The quantitative estimate of drug-likeness (QED) is 0.760. The average molecular weight is 203 g/mol. The molecule has 1 N–H and O–H groups in total. The number of hydrogen-bond donors (Lipinski definition) is 1. The number of rotatable bonds is 2. The van der Waals surface area contributed by atoms with E-state index >= 15 is 0 Å². The number of halogens is 1. The monoisotopic (exact) mass is 203 g/mol. The molecule has 0 bridgehead atoms. The van der Waals surface area contributed by atoms with E-state index < -0.39 is 5.95 Å². The number of benzene rings is 1. The Kier molecular flexibility index (Phi) is 2.74. The van der Waals surface area contributed by atoms with Crippen LogP contribution in [0, 0.1) is 5.95 Å². The normalized spacial score (nSPS) is 10.3. The van der Waals surface area contributed by atoms with Crippen LogP contribution in [-0.2, 0) is 6.61 Å². The summed E-state index contributed by atoms with van der Waals surface area (Å²) in [6.45, 7) is -0.334. The van der Waals surface area contributed by atoms with Gasteiger partial charge in [0.2, 0.25) is 5.95 Å². The van der Waals surface area contributed by atoms with Crippen molar-refractivity contribution in [1.29, 1.82) is 0 Å². The van der Waals surface area contributed by atoms with Crippen LogP contribution in [0.15, 0.2) is 42.6 Å². The Morgan fingerprint density at radius 3 is 2.53 bits per heavy atom. The number of aliphatic hydroxyl groups is 1. The van der Waals surface area contributed by atoms with E-state index in [4.69, 9.17) is 5.11 Å². The number of hydrogen-bond acceptors (Lipinski definition) is 2. The fraction of sp³-hybridized carbons (Fsp3) is 0.0833. The van der Waals surface area contributed by atoms with Crippen molar-refractivity contribution in [2.75, 3.05) is 0 Å². The van der Waals surface area contributed by atoms with E-state index in [0.717, 1.165) is 11.1 Å². The third-order valence-electron chi connectivity index (χ3n) is 2.19. The molecule has 0 atom stereocenters. The summed E-state index contributed by atoms with van der Waals surface area (Å²) in [5.74, 6) is -0.614. The van der Waals surface area contributed by atoms with E-state index in [1.807, 2.05) is 30.3 Å². The fourth-order valence-electron chi connectivity index (χ4n) is 1.39. The van der Waals surface area contributed by atoms with Gasteiger partial charge in [-0.2, -0.15) is 4.39 Å². The summed E-state index contributed by atoms with van der Waals surface area (Å²) >= 11 is 0. The van der Waals surface area contributed by atoms with Gasteiger partial charge in [-0.3, -0.25) is 0 Å². The Hall–Kier alpha value is -1.74. The highest BCUT2D eigenvalue weighted by Crippen LogP contribution is 2.20. The Balaban J connectivity index is 2.46. The number of nitrogens with zero attached hydrogens (tertiary/aromatic N) is 1. The van der Waals surface area contributed by atoms with Gasteiger partial charge in [-0.25, -0.2) is 4.98 Å². The molecule has 1 aromatic carbocycles. The first-order valence-electron chi connectivity index (χ1n) is 4.62. The minimum absolute atomic E-state index is 0.219. The van der Waals surface area contributed by atoms with Gasteiger partial charge in [0.25, 0.3) is 0 Å². The highest BCUT2D eigenvalue weighted by atomic mass is 19.1. The van der Waals surface area contributed by atoms with Crippen molar-refractivity contribution in [1.82, 2.24) is 4.98 Å². The Bertz CT molecular complexity index is 456. The van der Waals surface area contributed by atoms with Gasteiger partial charge >= 0.3 is 0 Å². The second kappa shape index (κ2) is 4.19. The lowest BCUT2D eigenvalue weighted by Gasteiger charge is -2.03. The summed E-state index contributed by atoms with van der Waals surface area (Å²) < 4.78 is 13.0. The summed E-state index contributed by atoms with van der Waals surface area (Å²) in [6, 6.07) is 11.1. The van der Waals surface area contributed by atoms with Crippen molar-refractivity contribution in [2.45, 2.75) is 6.61 Å². The van der Waals surface area contributed by atoms with E-state index in [0.29, 0.717) is 0 Å². The Morgan fingerprint density at radius 1 is 1.13 bits per heavy atom. The predicted octanol–water partition coefficient (Wildman–Crippen LogP) is 2.38. The van der Waals surface area contributed by atoms with Crippen molar-refractivity contribution in [3.8, 4) is 11.1 Å². The second-order valence-electron chi connectivity index (χ2n) is 3.20. The minimum Gasteiger partial charge on any atom is -0.392 e. The SMILES string of the molecule is OCc1cc(-c2ccccc2)cnc1F. The molecule has 2 nitrogen and oxygen atoms in total. The molecule has 76 valence electrons. The zero-order valence-electron chi connectivity index (χ0n) is 8.02. The third-order valence-corrected chi connectivity index (χ3v) is 2.19. The zero-order valence-corrected chi connectivity index (χ0v) is 8.02. The summed E-state index contributed by atoms with van der Waals surface area (Å²) in [6.07, 6.45) is 1.46. The van der Waals surface area contributed by atoms with Gasteiger partial charge in [0.05, 0.1) is 6.61 Å². The maximum Gasteiger partial charge on any atom is 0.218 e. The summed E-state index contributed by atoms with van der Waals surface area (Å²) in [5, 5.41) is 8.91. The van der Waals surface area contributed by atoms with Gasteiger partial charge in [-0.15, -0.1) is 0 Å². The maximum absolute atomic E-state index is 13.0. The molecule has 2 rings (SSSR count). The molecule has 0 aliphatic heterocycles.